The number of aromatic nitrogens is 2. The Balaban J connectivity index is 2.16. The molecular formula is C13H17N3O3. The molecular weight excluding hydrogens is 246 g/mol. The standard InChI is InChI=1S/C13H17N3O3/c1-5-9-8(4)15-19-13(9)14-12(17)11-6-10(7(2)3)16-18-11/h6-7H,5H2,1-4H3,(H,14,17). The number of nitrogens with one attached hydrogen (secondary N) is 1. The second kappa shape index (κ2) is 5.26. The zero-order chi connectivity index (χ0) is 14.0. The van der Waals surface area contributed by atoms with E-state index in [0.717, 1.165) is 23.4 Å². The van der Waals surface area contributed by atoms with E-state index >= 15 is 0 Å². The lowest BCUT2D eigenvalue weighted by Crippen LogP contribution is -2.11. The largest absolute Gasteiger partial charge is 0.351 e. The van der Waals surface area contributed by atoms with E-state index in [1.165, 1.54) is 0 Å². The molecule has 0 aliphatic carbocycles. The van der Waals surface area contributed by atoms with Crippen molar-refractivity contribution in [1.82, 2.24) is 10.3 Å². The van der Waals surface area contributed by atoms with Gasteiger partial charge in [0.05, 0.1) is 11.4 Å². The summed E-state index contributed by atoms with van der Waals surface area (Å²) in [5.41, 5.74) is 2.41. The van der Waals surface area contributed by atoms with Crippen LogP contribution in [-0.2, 0) is 6.42 Å². The predicted molar refractivity (Wildman–Crippen MR) is 69.2 cm³/mol. The maximum atomic E-state index is 12.0. The van der Waals surface area contributed by atoms with E-state index in [2.05, 4.69) is 15.6 Å². The highest BCUT2D eigenvalue weighted by atomic mass is 16.5. The number of carbonyl (C=O) groups excluding carboxylic acids is 1. The fraction of sp³-hybridized carbons (Fsp3) is 0.462. The number of carbonyl (C=O) groups is 1. The van der Waals surface area contributed by atoms with Crippen molar-refractivity contribution >= 4 is 11.8 Å². The number of hydrogen-bond donors (Lipinski definition) is 1. The van der Waals surface area contributed by atoms with Gasteiger partial charge in [0.15, 0.2) is 0 Å². The molecule has 1 N–H and O–H groups in total. The lowest BCUT2D eigenvalue weighted by molar-refractivity contribution is 0.0984. The summed E-state index contributed by atoms with van der Waals surface area (Å²) in [6.07, 6.45) is 0.735. The Bertz CT molecular complexity index is 584. The van der Waals surface area contributed by atoms with E-state index in [-0.39, 0.29) is 17.6 Å². The van der Waals surface area contributed by atoms with Crippen LogP contribution < -0.4 is 5.32 Å². The third kappa shape index (κ3) is 2.67. The van der Waals surface area contributed by atoms with Crippen LogP contribution in [0.25, 0.3) is 0 Å². The van der Waals surface area contributed by atoms with E-state index in [1.807, 2.05) is 27.7 Å². The van der Waals surface area contributed by atoms with Gasteiger partial charge in [0, 0.05) is 11.6 Å². The molecule has 0 fully saturated rings. The predicted octanol–water partition coefficient (Wildman–Crippen LogP) is 2.91. The molecule has 0 aliphatic heterocycles. The molecule has 19 heavy (non-hydrogen) atoms. The van der Waals surface area contributed by atoms with Crippen LogP contribution >= 0.6 is 0 Å². The highest BCUT2D eigenvalue weighted by Crippen LogP contribution is 2.21. The summed E-state index contributed by atoms with van der Waals surface area (Å²) in [6.45, 7) is 7.77. The minimum absolute atomic E-state index is 0.166. The zero-order valence-corrected chi connectivity index (χ0v) is 11.5. The molecule has 2 rings (SSSR count). The smallest absolute Gasteiger partial charge is 0.296 e. The number of rotatable bonds is 4. The minimum atomic E-state index is -0.384. The number of nitrogens with zero attached hydrogens (tertiary/aromatic N) is 2. The van der Waals surface area contributed by atoms with Gasteiger partial charge >= 0.3 is 0 Å². The minimum Gasteiger partial charge on any atom is -0.351 e. The monoisotopic (exact) mass is 263 g/mol. The first-order valence-corrected chi connectivity index (χ1v) is 6.26. The van der Waals surface area contributed by atoms with Crippen molar-refractivity contribution in [2.24, 2.45) is 0 Å². The summed E-state index contributed by atoms with van der Waals surface area (Å²) in [6, 6.07) is 1.63. The van der Waals surface area contributed by atoms with Crippen molar-refractivity contribution in [2.75, 3.05) is 5.32 Å². The number of anilines is 1. The maximum Gasteiger partial charge on any atom is 0.296 e. The van der Waals surface area contributed by atoms with E-state index < -0.39 is 0 Å². The summed E-state index contributed by atoms with van der Waals surface area (Å²) >= 11 is 0. The Morgan fingerprint density at radius 2 is 2.11 bits per heavy atom. The van der Waals surface area contributed by atoms with Crippen molar-refractivity contribution in [3.8, 4) is 0 Å². The van der Waals surface area contributed by atoms with Crippen molar-refractivity contribution in [1.29, 1.82) is 0 Å². The Morgan fingerprint density at radius 3 is 2.68 bits per heavy atom. The summed E-state index contributed by atoms with van der Waals surface area (Å²) < 4.78 is 10.1. The second-order valence-corrected chi connectivity index (χ2v) is 4.65. The summed E-state index contributed by atoms with van der Waals surface area (Å²) in [4.78, 5) is 12.0. The van der Waals surface area contributed by atoms with Gasteiger partial charge < -0.3 is 9.05 Å². The van der Waals surface area contributed by atoms with Gasteiger partial charge in [-0.05, 0) is 19.3 Å². The Hall–Kier alpha value is -2.11. The van der Waals surface area contributed by atoms with Gasteiger partial charge in [-0.25, -0.2) is 0 Å². The number of amides is 1. The molecule has 0 radical (unpaired) electrons. The van der Waals surface area contributed by atoms with Crippen LogP contribution in [0.5, 0.6) is 0 Å². The SMILES string of the molecule is CCc1c(C)noc1NC(=O)c1cc(C(C)C)no1. The molecule has 0 atom stereocenters. The van der Waals surface area contributed by atoms with Gasteiger partial charge in [0.25, 0.3) is 5.91 Å². The molecule has 0 aliphatic rings. The first kappa shape index (κ1) is 13.3. The zero-order valence-electron chi connectivity index (χ0n) is 11.5. The average molecular weight is 263 g/mol. The van der Waals surface area contributed by atoms with E-state index in [4.69, 9.17) is 9.05 Å². The van der Waals surface area contributed by atoms with Gasteiger partial charge in [-0.15, -0.1) is 0 Å². The molecule has 2 aromatic heterocycles. The first-order valence-electron chi connectivity index (χ1n) is 6.26. The van der Waals surface area contributed by atoms with Crippen molar-refractivity contribution in [3.05, 3.63) is 28.8 Å². The summed E-state index contributed by atoms with van der Waals surface area (Å²) in [5, 5.41) is 10.3. The molecule has 1 amide bonds. The van der Waals surface area contributed by atoms with Crippen LogP contribution in [0, 0.1) is 6.92 Å². The van der Waals surface area contributed by atoms with Crippen LogP contribution in [0.1, 0.15) is 54.2 Å². The third-order valence-electron chi connectivity index (χ3n) is 2.91. The van der Waals surface area contributed by atoms with E-state index in [9.17, 15) is 4.79 Å². The van der Waals surface area contributed by atoms with Crippen LogP contribution in [0.2, 0.25) is 0 Å². The van der Waals surface area contributed by atoms with Crippen LogP contribution in [0.4, 0.5) is 5.88 Å². The van der Waals surface area contributed by atoms with Gasteiger partial charge in [-0.2, -0.15) is 0 Å². The Morgan fingerprint density at radius 1 is 1.37 bits per heavy atom. The van der Waals surface area contributed by atoms with E-state index in [0.29, 0.717) is 5.88 Å². The number of aryl methyl sites for hydroxylation is 1. The fourth-order valence-electron chi connectivity index (χ4n) is 1.74. The van der Waals surface area contributed by atoms with Crippen LogP contribution in [-0.4, -0.2) is 16.2 Å². The van der Waals surface area contributed by atoms with Crippen molar-refractivity contribution < 1.29 is 13.8 Å². The summed E-state index contributed by atoms with van der Waals surface area (Å²) in [5.74, 6) is 0.363. The second-order valence-electron chi connectivity index (χ2n) is 4.65. The van der Waals surface area contributed by atoms with Gasteiger partial charge in [0.1, 0.15) is 0 Å². The van der Waals surface area contributed by atoms with Crippen LogP contribution in [0.3, 0.4) is 0 Å². The highest BCUT2D eigenvalue weighted by Gasteiger charge is 2.19. The quantitative estimate of drug-likeness (QED) is 0.917. The Labute approximate surface area is 111 Å². The van der Waals surface area contributed by atoms with Crippen molar-refractivity contribution in [2.45, 2.75) is 40.0 Å². The molecule has 0 bridgehead atoms. The first-order chi connectivity index (χ1) is 9.02. The highest BCUT2D eigenvalue weighted by molar-refractivity contribution is 6.01. The maximum absolute atomic E-state index is 12.0. The molecule has 6 heteroatoms. The van der Waals surface area contributed by atoms with Crippen molar-refractivity contribution in [3.63, 3.8) is 0 Å². The molecule has 0 unspecified atom stereocenters. The normalized spacial score (nSPS) is 11.0. The average Bonchev–Trinajstić information content (AvgIpc) is 2.96. The van der Waals surface area contributed by atoms with Gasteiger partial charge in [-0.3, -0.25) is 10.1 Å². The van der Waals surface area contributed by atoms with Gasteiger partial charge in [-0.1, -0.05) is 31.1 Å². The van der Waals surface area contributed by atoms with Gasteiger partial charge in [0.2, 0.25) is 11.6 Å². The summed E-state index contributed by atoms with van der Waals surface area (Å²) in [7, 11) is 0. The third-order valence-corrected chi connectivity index (χ3v) is 2.91. The molecule has 0 saturated heterocycles. The topological polar surface area (TPSA) is 81.2 Å². The molecule has 2 aromatic rings. The fourth-order valence-corrected chi connectivity index (χ4v) is 1.74. The lowest BCUT2D eigenvalue weighted by atomic mass is 10.1. The van der Waals surface area contributed by atoms with Crippen LogP contribution in [0.15, 0.2) is 15.1 Å². The molecule has 0 spiro atoms. The number of hydrogen-bond acceptors (Lipinski definition) is 5. The molecule has 0 saturated carbocycles. The lowest BCUT2D eigenvalue weighted by Gasteiger charge is -1.99. The molecule has 0 aromatic carbocycles. The van der Waals surface area contributed by atoms with E-state index in [1.54, 1.807) is 6.07 Å². The molecule has 102 valence electrons. The Kier molecular flexibility index (Phi) is 3.69. The molecule has 6 nitrogen and oxygen atoms in total. The molecule has 2 heterocycles.